The monoisotopic (exact) mass is 405 g/mol. The molecule has 0 unspecified atom stereocenters. The molecule has 0 saturated heterocycles. The Kier molecular flexibility index (Phi) is 5.88. The molecule has 0 atom stereocenters. The number of rotatable bonds is 5. The predicted molar refractivity (Wildman–Crippen MR) is 114 cm³/mol. The molecule has 3 aromatic rings. The molecule has 0 bridgehead atoms. The quantitative estimate of drug-likeness (QED) is 0.520. The minimum Gasteiger partial charge on any atom is -0.331 e. The summed E-state index contributed by atoms with van der Waals surface area (Å²) in [7, 11) is 0. The second kappa shape index (κ2) is 9.08. The number of hydrogen-bond acceptors (Lipinski definition) is 4. The number of carbonyl (C=O) groups is 2. The van der Waals surface area contributed by atoms with E-state index in [1.807, 2.05) is 18.2 Å². The van der Waals surface area contributed by atoms with E-state index < -0.39 is 0 Å². The van der Waals surface area contributed by atoms with Gasteiger partial charge in [0.05, 0.1) is 6.54 Å². The highest BCUT2D eigenvalue weighted by molar-refractivity contribution is 6.00. The summed E-state index contributed by atoms with van der Waals surface area (Å²) in [6, 6.07) is 15.4. The highest BCUT2D eigenvalue weighted by atomic mass is 16.2. The molecule has 4 N–H and O–H groups in total. The van der Waals surface area contributed by atoms with E-state index in [9.17, 15) is 9.59 Å². The summed E-state index contributed by atoms with van der Waals surface area (Å²) in [6.45, 7) is 1.19. The van der Waals surface area contributed by atoms with E-state index in [0.717, 1.165) is 37.5 Å². The van der Waals surface area contributed by atoms with Crippen molar-refractivity contribution in [2.75, 3.05) is 16.0 Å². The summed E-state index contributed by atoms with van der Waals surface area (Å²) < 4.78 is 2.07. The van der Waals surface area contributed by atoms with Crippen molar-refractivity contribution in [2.24, 2.45) is 0 Å². The fourth-order valence-corrected chi connectivity index (χ4v) is 3.32. The van der Waals surface area contributed by atoms with Gasteiger partial charge in [-0.25, -0.2) is 9.59 Å². The Balaban J connectivity index is 1.30. The van der Waals surface area contributed by atoms with Crippen LogP contribution in [0.15, 0.2) is 54.6 Å². The smallest absolute Gasteiger partial charge is 0.323 e. The van der Waals surface area contributed by atoms with Crippen molar-refractivity contribution < 1.29 is 9.59 Å². The third-order valence-corrected chi connectivity index (χ3v) is 4.75. The summed E-state index contributed by atoms with van der Waals surface area (Å²) in [6.07, 6.45) is 3.15. The van der Waals surface area contributed by atoms with E-state index in [1.54, 1.807) is 36.4 Å². The van der Waals surface area contributed by atoms with Gasteiger partial charge in [0.2, 0.25) is 0 Å². The maximum absolute atomic E-state index is 12.3. The summed E-state index contributed by atoms with van der Waals surface area (Å²) in [5.74, 6) is 1.74. The molecule has 1 aliphatic rings. The predicted octanol–water partition coefficient (Wildman–Crippen LogP) is 3.58. The van der Waals surface area contributed by atoms with Gasteiger partial charge in [0.15, 0.2) is 5.82 Å². The number of hydrogen-bond donors (Lipinski definition) is 4. The van der Waals surface area contributed by atoms with Gasteiger partial charge in [-0.3, -0.25) is 0 Å². The molecule has 2 aromatic carbocycles. The Hall–Kier alpha value is -3.88. The van der Waals surface area contributed by atoms with Crippen LogP contribution in [-0.2, 0) is 19.5 Å². The number of anilines is 3. The highest BCUT2D eigenvalue weighted by Gasteiger charge is 2.16. The topological polar surface area (TPSA) is 113 Å². The molecule has 0 radical (unpaired) electrons. The number of nitrogens with zero attached hydrogens (tertiary/aromatic N) is 3. The van der Waals surface area contributed by atoms with Crippen LogP contribution in [-0.4, -0.2) is 26.8 Å². The molecule has 0 spiro atoms. The zero-order chi connectivity index (χ0) is 20.8. The number of benzene rings is 2. The molecule has 9 heteroatoms. The standard InChI is InChI=1S/C21H23N7O2/c29-20(22-14-19-27-26-18-11-4-5-12-28(18)19)24-16-9-6-10-17(13-16)25-21(30)23-15-7-2-1-3-8-15/h1-3,6-10,13H,4-5,11-12,14H2,(H2,22,24,29)(H2,23,25,30). The zero-order valence-electron chi connectivity index (χ0n) is 16.4. The van der Waals surface area contributed by atoms with Crippen LogP contribution in [0.3, 0.4) is 0 Å². The van der Waals surface area contributed by atoms with Crippen LogP contribution in [0.25, 0.3) is 0 Å². The summed E-state index contributed by atoms with van der Waals surface area (Å²) in [5, 5.41) is 19.4. The number of aryl methyl sites for hydroxylation is 1. The van der Waals surface area contributed by atoms with Gasteiger partial charge >= 0.3 is 12.1 Å². The highest BCUT2D eigenvalue weighted by Crippen LogP contribution is 2.16. The fourth-order valence-electron chi connectivity index (χ4n) is 3.32. The van der Waals surface area contributed by atoms with Gasteiger partial charge in [-0.2, -0.15) is 0 Å². The molecule has 4 amide bonds. The maximum atomic E-state index is 12.3. The molecular weight excluding hydrogens is 382 g/mol. The second-order valence-electron chi connectivity index (χ2n) is 6.97. The van der Waals surface area contributed by atoms with Crippen molar-refractivity contribution >= 4 is 29.1 Å². The van der Waals surface area contributed by atoms with Crippen LogP contribution in [0, 0.1) is 0 Å². The Morgan fingerprint density at radius 2 is 1.53 bits per heavy atom. The first-order valence-electron chi connectivity index (χ1n) is 9.86. The summed E-state index contributed by atoms with van der Waals surface area (Å²) in [4.78, 5) is 24.4. The van der Waals surface area contributed by atoms with Crippen LogP contribution in [0.5, 0.6) is 0 Å². The van der Waals surface area contributed by atoms with Crippen LogP contribution in [0.1, 0.15) is 24.5 Å². The van der Waals surface area contributed by atoms with Crippen molar-refractivity contribution in [3.05, 3.63) is 66.2 Å². The number of amides is 4. The minimum atomic E-state index is -0.362. The SMILES string of the molecule is O=C(NCc1nnc2n1CCCC2)Nc1cccc(NC(=O)Nc2ccccc2)c1. The molecule has 4 rings (SSSR count). The lowest BCUT2D eigenvalue weighted by molar-refractivity contribution is 0.251. The third kappa shape index (κ3) is 4.93. The number of para-hydroxylation sites is 1. The van der Waals surface area contributed by atoms with Crippen LogP contribution in [0.2, 0.25) is 0 Å². The number of urea groups is 2. The van der Waals surface area contributed by atoms with Crippen molar-refractivity contribution in [3.63, 3.8) is 0 Å². The van der Waals surface area contributed by atoms with Crippen LogP contribution in [0.4, 0.5) is 26.7 Å². The van der Waals surface area contributed by atoms with E-state index in [1.165, 1.54) is 0 Å². The largest absolute Gasteiger partial charge is 0.331 e. The first-order valence-corrected chi connectivity index (χ1v) is 9.86. The van der Waals surface area contributed by atoms with Gasteiger partial charge < -0.3 is 25.8 Å². The lowest BCUT2D eigenvalue weighted by Gasteiger charge is -2.15. The van der Waals surface area contributed by atoms with E-state index in [2.05, 4.69) is 36.0 Å². The van der Waals surface area contributed by atoms with Gasteiger partial charge in [-0.05, 0) is 43.2 Å². The maximum Gasteiger partial charge on any atom is 0.323 e. The first-order chi connectivity index (χ1) is 14.7. The molecular formula is C21H23N7O2. The Morgan fingerprint density at radius 1 is 0.833 bits per heavy atom. The van der Waals surface area contributed by atoms with E-state index in [4.69, 9.17) is 0 Å². The number of fused-ring (bicyclic) bond motifs is 1. The molecule has 0 saturated carbocycles. The summed E-state index contributed by atoms with van der Waals surface area (Å²) in [5.41, 5.74) is 1.82. The van der Waals surface area contributed by atoms with Crippen LogP contribution < -0.4 is 21.3 Å². The first kappa shape index (κ1) is 19.4. The molecule has 9 nitrogen and oxygen atoms in total. The Bertz CT molecular complexity index is 1030. The lowest BCUT2D eigenvalue weighted by Crippen LogP contribution is -2.30. The van der Waals surface area contributed by atoms with Gasteiger partial charge in [0, 0.05) is 30.0 Å². The minimum absolute atomic E-state index is 0.302. The van der Waals surface area contributed by atoms with E-state index >= 15 is 0 Å². The number of carbonyl (C=O) groups excluding carboxylic acids is 2. The van der Waals surface area contributed by atoms with E-state index in [0.29, 0.717) is 23.6 Å². The number of nitrogens with one attached hydrogen (secondary N) is 4. The average Bonchev–Trinajstić information content (AvgIpc) is 3.16. The molecule has 1 aliphatic heterocycles. The zero-order valence-corrected chi connectivity index (χ0v) is 16.4. The van der Waals surface area contributed by atoms with Crippen molar-refractivity contribution in [1.82, 2.24) is 20.1 Å². The van der Waals surface area contributed by atoms with Gasteiger partial charge in [-0.15, -0.1) is 10.2 Å². The Morgan fingerprint density at radius 3 is 2.33 bits per heavy atom. The Labute approximate surface area is 173 Å². The van der Waals surface area contributed by atoms with E-state index in [-0.39, 0.29) is 12.1 Å². The number of aromatic nitrogens is 3. The van der Waals surface area contributed by atoms with Crippen molar-refractivity contribution in [1.29, 1.82) is 0 Å². The van der Waals surface area contributed by atoms with Gasteiger partial charge in [0.1, 0.15) is 5.82 Å². The van der Waals surface area contributed by atoms with Crippen molar-refractivity contribution in [3.8, 4) is 0 Å². The molecule has 154 valence electrons. The third-order valence-electron chi connectivity index (χ3n) is 4.75. The fraction of sp³-hybridized carbons (Fsp3) is 0.238. The second-order valence-corrected chi connectivity index (χ2v) is 6.97. The molecule has 2 heterocycles. The molecule has 0 fully saturated rings. The van der Waals surface area contributed by atoms with Gasteiger partial charge in [-0.1, -0.05) is 24.3 Å². The molecule has 1 aromatic heterocycles. The molecule has 30 heavy (non-hydrogen) atoms. The normalized spacial score (nSPS) is 12.5. The van der Waals surface area contributed by atoms with Gasteiger partial charge in [0.25, 0.3) is 0 Å². The average molecular weight is 405 g/mol. The lowest BCUT2D eigenvalue weighted by atomic mass is 10.2. The molecule has 0 aliphatic carbocycles. The van der Waals surface area contributed by atoms with Crippen molar-refractivity contribution in [2.45, 2.75) is 32.4 Å². The van der Waals surface area contributed by atoms with Crippen LogP contribution >= 0.6 is 0 Å². The summed E-state index contributed by atoms with van der Waals surface area (Å²) >= 11 is 0.